The van der Waals surface area contributed by atoms with E-state index in [0.29, 0.717) is 64.5 Å². The van der Waals surface area contributed by atoms with E-state index in [1.54, 1.807) is 102 Å². The molecule has 3 aromatic carbocycles. The lowest BCUT2D eigenvalue weighted by atomic mass is 9.94. The van der Waals surface area contributed by atoms with Gasteiger partial charge in [0.25, 0.3) is 0 Å². The highest BCUT2D eigenvalue weighted by molar-refractivity contribution is 7.20. The summed E-state index contributed by atoms with van der Waals surface area (Å²) in [6.07, 6.45) is 21.4. The van der Waals surface area contributed by atoms with Gasteiger partial charge in [0, 0.05) is 137 Å². The molecule has 0 bridgehead atoms. The van der Waals surface area contributed by atoms with Crippen LogP contribution in [0.15, 0.2) is 92.3 Å². The average Bonchev–Trinajstić information content (AvgIpc) is 1.62. The second-order valence-electron chi connectivity index (χ2n) is 34.4. The summed E-state index contributed by atoms with van der Waals surface area (Å²) in [5.41, 5.74) is 15.0. The van der Waals surface area contributed by atoms with Gasteiger partial charge in [-0.1, -0.05) is 54.4 Å². The number of ether oxygens (including phenoxy) is 1. The summed E-state index contributed by atoms with van der Waals surface area (Å²) in [6.45, 7) is 19.8. The van der Waals surface area contributed by atoms with Crippen LogP contribution in [0.5, 0.6) is 5.75 Å². The average molecular weight is 1960 g/mol. The zero-order valence-electron chi connectivity index (χ0n) is 74.1. The summed E-state index contributed by atoms with van der Waals surface area (Å²) < 4.78 is 42.6. The van der Waals surface area contributed by atoms with Crippen LogP contribution in [0.2, 0.25) is 15.1 Å². The monoisotopic (exact) mass is 1960 g/mol. The number of hydrogen-bond acceptors (Lipinski definition) is 27. The van der Waals surface area contributed by atoms with Gasteiger partial charge in [0.1, 0.15) is 103 Å². The number of thiophene rings is 5. The topological polar surface area (TPSA) is 312 Å². The van der Waals surface area contributed by atoms with Gasteiger partial charge in [-0.15, -0.1) is 56.7 Å². The first-order valence-electron chi connectivity index (χ1n) is 45.2. The summed E-state index contributed by atoms with van der Waals surface area (Å²) in [4.78, 5) is 120. The highest BCUT2D eigenvalue weighted by Gasteiger charge is 2.37. The maximum Gasteiger partial charge on any atom is 0.405 e. The first-order chi connectivity index (χ1) is 63.9. The number of nitriles is 1. The molecule has 3 aliphatic carbocycles. The van der Waals surface area contributed by atoms with Crippen molar-refractivity contribution in [2.75, 3.05) is 132 Å². The smallest absolute Gasteiger partial charge is 0.405 e. The molecular formula is C96H107Cl3F3N21O5S5. The number of benzene rings is 3. The number of aryl methyl sites for hydroxylation is 10. The van der Waals surface area contributed by atoms with Crippen molar-refractivity contribution < 1.29 is 37.1 Å². The minimum absolute atomic E-state index is 0. The SMILES string of the molecule is C.CCOc1ccccc1N1CCN(c2ncnc3sc4c(c23)CCC4)CC1.Cc1sc2ncnc(N3CCC(C(=O)Nc4cc(Cl)ccc4Cl)CC3)c2c1C.Cc1sc2ncnc(N3CCC(C(=O)Nc4ccc(C#N)c(Cl)c4)CC3)c2c1C.NC(=O)C1CCN(c2ncnc3sc4c(c23)CCCC4)CC1.O=C(NCC(F)(F)F)C1CCN(c2ncnc3sc4c(c23)CCC4)CC1. The lowest BCUT2D eigenvalue weighted by Gasteiger charge is -2.37. The number of aromatic nitrogens is 10. The number of primary amides is 1. The first-order valence-corrected chi connectivity index (χ1v) is 50.4. The molecule has 5 N–H and O–H groups in total. The van der Waals surface area contributed by atoms with E-state index < -0.39 is 18.6 Å². The normalized spacial score (nSPS) is 16.6. The van der Waals surface area contributed by atoms with E-state index in [9.17, 15) is 32.3 Å². The third-order valence-electron chi connectivity index (χ3n) is 26.4. The van der Waals surface area contributed by atoms with Crippen LogP contribution in [0.25, 0.3) is 51.1 Å². The molecule has 10 aromatic heterocycles. The molecule has 0 radical (unpaired) electrons. The molecule has 0 atom stereocenters. The Hall–Kier alpha value is -10.5. The van der Waals surface area contributed by atoms with Crippen LogP contribution in [-0.4, -0.2) is 171 Å². The third kappa shape index (κ3) is 21.4. The fourth-order valence-electron chi connectivity index (χ4n) is 19.1. The molecule has 4 amide bonds. The van der Waals surface area contributed by atoms with Crippen LogP contribution in [0.4, 0.5) is 59.3 Å². The van der Waals surface area contributed by atoms with Crippen molar-refractivity contribution in [3.63, 3.8) is 0 Å². The van der Waals surface area contributed by atoms with E-state index in [0.717, 1.165) is 205 Å². The molecule has 0 saturated carbocycles. The number of para-hydroxylation sites is 2. The Morgan fingerprint density at radius 2 is 0.857 bits per heavy atom. The Labute approximate surface area is 805 Å². The predicted molar refractivity (Wildman–Crippen MR) is 533 cm³/mol. The van der Waals surface area contributed by atoms with Crippen molar-refractivity contribution in [3.8, 4) is 11.8 Å². The number of halogens is 6. The van der Waals surface area contributed by atoms with Crippen molar-refractivity contribution in [2.45, 2.75) is 164 Å². The van der Waals surface area contributed by atoms with Gasteiger partial charge < -0.3 is 55.8 Å². The van der Waals surface area contributed by atoms with Crippen molar-refractivity contribution in [1.82, 2.24) is 55.2 Å². The number of nitrogens with one attached hydrogen (secondary N) is 3. The van der Waals surface area contributed by atoms with Gasteiger partial charge in [-0.05, 0) is 227 Å². The van der Waals surface area contributed by atoms with E-state index >= 15 is 0 Å². The largest absolute Gasteiger partial charge is 0.492 e. The molecule has 5 saturated heterocycles. The zero-order valence-corrected chi connectivity index (χ0v) is 80.5. The van der Waals surface area contributed by atoms with E-state index in [2.05, 4.69) is 131 Å². The molecular weight excluding hydrogens is 1850 g/mol. The van der Waals surface area contributed by atoms with Gasteiger partial charge in [-0.3, -0.25) is 19.2 Å². The lowest BCUT2D eigenvalue weighted by molar-refractivity contribution is -0.141. The fourth-order valence-corrected chi connectivity index (χ4v) is 25.3. The van der Waals surface area contributed by atoms with Crippen LogP contribution in [0.3, 0.4) is 0 Å². The number of fused-ring (bicyclic) bond motifs is 11. The number of amides is 4. The van der Waals surface area contributed by atoms with Gasteiger partial charge in [-0.2, -0.15) is 18.4 Å². The minimum Gasteiger partial charge on any atom is -0.492 e. The molecule has 5 aliphatic heterocycles. The molecule has 15 heterocycles. The lowest BCUT2D eigenvalue weighted by Crippen LogP contribution is -2.47. The molecule has 21 rings (SSSR count). The molecule has 13 aromatic rings. The van der Waals surface area contributed by atoms with Crippen LogP contribution < -0.4 is 55.8 Å². The fraction of sp³-hybridized carbons (Fsp3) is 0.448. The quantitative estimate of drug-likeness (QED) is 0.0741. The van der Waals surface area contributed by atoms with Gasteiger partial charge in [0.2, 0.25) is 23.6 Å². The number of piperazine rings is 1. The molecule has 5 fully saturated rings. The number of alkyl halides is 3. The van der Waals surface area contributed by atoms with Crippen molar-refractivity contribution in [2.24, 2.45) is 29.4 Å². The number of anilines is 8. The Morgan fingerprint density at radius 1 is 0.466 bits per heavy atom. The number of rotatable bonds is 15. The number of carbonyl (C=O) groups is 4. The van der Waals surface area contributed by atoms with Crippen LogP contribution in [0.1, 0.15) is 149 Å². The molecule has 37 heteroatoms. The standard InChI is InChI=1S/C21H20ClN5OS.C21H24N4OS.C20H20Cl2N4OS.C17H19F3N4OS.C16H20N4OS.CH4/c1-12-13(2)29-21-18(12)19(24-11-25-21)27-7-5-14(6-8-27)20(28)26-16-4-3-15(10-23)17(22)9-16;1-2-26-17-8-4-3-7-16(17)24-10-12-25(13-11-24)20-19-15-6-5-9-18(15)27-21(19)23-14-22-20;1-11-12(2)28-20-17(11)18(23-10-24-20)26-7-5-13(6-8-26)19(27)25-16-9-14(21)3-4-15(16)22;18-17(19,20)8-21-15(25)10-4-6-24(7-5-10)14-13-11-2-1-3-12(11)26-16(13)23-9-22-14;17-14(21)10-5-7-20(8-6-10)15-13-11-3-1-2-4-12(11)22-16(13)19-9-18-15;/h3-4,9,11,14H,5-8H2,1-2H3,(H,26,28);3-4,7-8,14H,2,5-6,9-13H2,1H3;3-4,9-10,13H,5-8H2,1-2H3,(H,25,27);9-10H,1-8H2,(H,21,25);9-10H,1-8H2,(H2,17,21);1H4. The Bertz CT molecular complexity index is 6460. The number of carbonyl (C=O) groups excluding carboxylic acids is 4. The molecule has 133 heavy (non-hydrogen) atoms. The van der Waals surface area contributed by atoms with Gasteiger partial charge >= 0.3 is 6.18 Å². The van der Waals surface area contributed by atoms with Crippen LogP contribution in [-0.2, 0) is 57.7 Å². The molecule has 0 unspecified atom stereocenters. The summed E-state index contributed by atoms with van der Waals surface area (Å²) in [7, 11) is 0. The van der Waals surface area contributed by atoms with Crippen LogP contribution in [0, 0.1) is 62.7 Å². The van der Waals surface area contributed by atoms with Crippen molar-refractivity contribution in [3.05, 3.63) is 165 Å². The predicted octanol–water partition coefficient (Wildman–Crippen LogP) is 20.0. The van der Waals surface area contributed by atoms with Crippen molar-refractivity contribution in [1.29, 1.82) is 5.26 Å². The number of piperidine rings is 4. The van der Waals surface area contributed by atoms with E-state index in [1.165, 1.54) is 107 Å². The Kier molecular flexibility index (Phi) is 30.6. The van der Waals surface area contributed by atoms with E-state index in [1.807, 2.05) is 47.0 Å². The summed E-state index contributed by atoms with van der Waals surface area (Å²) >= 11 is 27.0. The van der Waals surface area contributed by atoms with Gasteiger partial charge in [-0.25, -0.2) is 49.8 Å². The van der Waals surface area contributed by atoms with Gasteiger partial charge in [0.05, 0.1) is 60.5 Å². The van der Waals surface area contributed by atoms with E-state index in [4.69, 9.17) is 55.5 Å². The first kappa shape index (κ1) is 95.6. The Morgan fingerprint density at radius 3 is 1.29 bits per heavy atom. The third-order valence-corrected chi connectivity index (χ3v) is 33.1. The number of nitrogens with two attached hydrogens (primary N) is 1. The molecule has 8 aliphatic rings. The zero-order chi connectivity index (χ0) is 92.0. The Balaban J connectivity index is 0.000000121. The second-order valence-corrected chi connectivity index (χ2v) is 41.4. The maximum absolute atomic E-state index is 12.7. The maximum atomic E-state index is 12.7. The van der Waals surface area contributed by atoms with Gasteiger partial charge in [0.15, 0.2) is 0 Å². The molecule has 0 spiro atoms. The minimum atomic E-state index is -4.37. The highest BCUT2D eigenvalue weighted by atomic mass is 35.5. The highest BCUT2D eigenvalue weighted by Crippen LogP contribution is 2.46. The van der Waals surface area contributed by atoms with Crippen LogP contribution >= 0.6 is 91.5 Å². The molecule has 26 nitrogen and oxygen atoms in total. The molecule has 698 valence electrons. The summed E-state index contributed by atoms with van der Waals surface area (Å²) in [6, 6.07) is 20.4. The van der Waals surface area contributed by atoms with E-state index in [-0.39, 0.29) is 48.8 Å². The van der Waals surface area contributed by atoms with Crippen molar-refractivity contribution >= 4 is 212 Å². The second kappa shape index (κ2) is 42.6. The summed E-state index contributed by atoms with van der Waals surface area (Å²) in [5.74, 6) is 4.84. The summed E-state index contributed by atoms with van der Waals surface area (Å²) in [5, 5.41) is 24.2. The number of hydrogen-bond donors (Lipinski definition) is 4. The number of nitrogens with zero attached hydrogens (tertiary/aromatic N) is 17.